The van der Waals surface area contributed by atoms with Crippen LogP contribution >= 0.6 is 0 Å². The molecule has 0 bridgehead atoms. The Bertz CT molecular complexity index is 288. The Morgan fingerprint density at radius 2 is 2.17 bits per heavy atom. The zero-order valence-electron chi connectivity index (χ0n) is 6.66. The van der Waals surface area contributed by atoms with Crippen LogP contribution in [0.2, 0.25) is 0 Å². The van der Waals surface area contributed by atoms with Crippen molar-refractivity contribution in [2.24, 2.45) is 0 Å². The fourth-order valence-corrected chi connectivity index (χ4v) is 1.08. The maximum Gasteiger partial charge on any atom is 0.231 e. The van der Waals surface area contributed by atoms with E-state index in [1.165, 1.54) is 0 Å². The van der Waals surface area contributed by atoms with Gasteiger partial charge in [-0.3, -0.25) is 10.3 Å². The predicted molar refractivity (Wildman–Crippen MR) is 43.2 cm³/mol. The number of ether oxygens (including phenoxy) is 2. The van der Waals surface area contributed by atoms with E-state index in [1.807, 2.05) is 18.2 Å². The highest BCUT2D eigenvalue weighted by molar-refractivity contribution is 5.54. The average Bonchev–Trinajstić information content (AvgIpc) is 2.51. The number of rotatable bonds is 2. The molecule has 0 aromatic heterocycles. The summed E-state index contributed by atoms with van der Waals surface area (Å²) in [5, 5.41) is 0. The molecule has 12 heavy (non-hydrogen) atoms. The third-order valence-corrected chi connectivity index (χ3v) is 1.59. The summed E-state index contributed by atoms with van der Waals surface area (Å²) in [5.41, 5.74) is 3.55. The lowest BCUT2D eigenvalue weighted by atomic mass is 10.3. The van der Waals surface area contributed by atoms with Gasteiger partial charge in [0.25, 0.3) is 0 Å². The zero-order chi connectivity index (χ0) is 8.39. The smallest absolute Gasteiger partial charge is 0.231 e. The molecule has 0 amide bonds. The average molecular weight is 167 g/mol. The molecule has 1 N–H and O–H groups in total. The summed E-state index contributed by atoms with van der Waals surface area (Å²) in [6, 6.07) is 5.52. The Morgan fingerprint density at radius 1 is 1.33 bits per heavy atom. The summed E-state index contributed by atoms with van der Waals surface area (Å²) < 4.78 is 10.3. The van der Waals surface area contributed by atoms with E-state index >= 15 is 0 Å². The second kappa shape index (κ2) is 2.91. The standard InChI is InChI=1S/C8H9NO3/c1-10-9-6-2-3-7-8(4-6)12-5-11-7/h2-4,9H,5H2,1H3. The highest BCUT2D eigenvalue weighted by Gasteiger charge is 2.12. The maximum absolute atomic E-state index is 5.17. The molecule has 0 saturated carbocycles. The number of anilines is 1. The van der Waals surface area contributed by atoms with Crippen LogP contribution in [-0.4, -0.2) is 13.9 Å². The third-order valence-electron chi connectivity index (χ3n) is 1.59. The van der Waals surface area contributed by atoms with E-state index in [-0.39, 0.29) is 0 Å². The van der Waals surface area contributed by atoms with Crippen LogP contribution in [0.4, 0.5) is 5.69 Å². The Kier molecular flexibility index (Phi) is 1.75. The highest BCUT2D eigenvalue weighted by atomic mass is 16.7. The van der Waals surface area contributed by atoms with Crippen molar-refractivity contribution in [2.45, 2.75) is 0 Å². The lowest BCUT2D eigenvalue weighted by Gasteiger charge is -2.02. The number of benzene rings is 1. The van der Waals surface area contributed by atoms with Crippen LogP contribution in [0.3, 0.4) is 0 Å². The fraction of sp³-hybridized carbons (Fsp3) is 0.250. The van der Waals surface area contributed by atoms with Gasteiger partial charge in [0.2, 0.25) is 6.79 Å². The molecule has 0 unspecified atom stereocenters. The van der Waals surface area contributed by atoms with E-state index in [9.17, 15) is 0 Å². The van der Waals surface area contributed by atoms with Crippen molar-refractivity contribution in [3.63, 3.8) is 0 Å². The zero-order valence-corrected chi connectivity index (χ0v) is 6.66. The molecular formula is C8H9NO3. The van der Waals surface area contributed by atoms with Gasteiger partial charge in [-0.2, -0.15) is 0 Å². The van der Waals surface area contributed by atoms with Crippen LogP contribution in [0.15, 0.2) is 18.2 Å². The number of nitrogens with one attached hydrogen (secondary N) is 1. The van der Waals surface area contributed by atoms with Crippen LogP contribution in [0.1, 0.15) is 0 Å². The molecule has 0 saturated heterocycles. The summed E-state index contributed by atoms with van der Waals surface area (Å²) in [7, 11) is 1.56. The van der Waals surface area contributed by atoms with E-state index < -0.39 is 0 Å². The highest BCUT2D eigenvalue weighted by Crippen LogP contribution is 2.33. The maximum atomic E-state index is 5.17. The molecule has 1 aromatic carbocycles. The Hall–Kier alpha value is -1.42. The molecule has 2 rings (SSSR count). The predicted octanol–water partition coefficient (Wildman–Crippen LogP) is 1.39. The largest absolute Gasteiger partial charge is 0.454 e. The van der Waals surface area contributed by atoms with Crippen molar-refractivity contribution in [3.8, 4) is 11.5 Å². The monoisotopic (exact) mass is 167 g/mol. The molecule has 64 valence electrons. The summed E-state index contributed by atoms with van der Waals surface area (Å²) >= 11 is 0. The molecule has 0 atom stereocenters. The lowest BCUT2D eigenvalue weighted by Crippen LogP contribution is -1.94. The van der Waals surface area contributed by atoms with Crippen LogP contribution in [0, 0.1) is 0 Å². The first kappa shape index (κ1) is 7.24. The van der Waals surface area contributed by atoms with E-state index in [4.69, 9.17) is 14.3 Å². The van der Waals surface area contributed by atoms with Crippen LogP contribution in [0.25, 0.3) is 0 Å². The van der Waals surface area contributed by atoms with Crippen molar-refractivity contribution in [3.05, 3.63) is 18.2 Å². The van der Waals surface area contributed by atoms with Gasteiger partial charge in [0.1, 0.15) is 0 Å². The molecule has 1 aliphatic rings. The van der Waals surface area contributed by atoms with Crippen LogP contribution < -0.4 is 15.0 Å². The van der Waals surface area contributed by atoms with Gasteiger partial charge in [-0.1, -0.05) is 0 Å². The first-order valence-corrected chi connectivity index (χ1v) is 3.59. The molecule has 4 nitrogen and oxygen atoms in total. The molecule has 4 heteroatoms. The number of hydrogen-bond donors (Lipinski definition) is 1. The van der Waals surface area contributed by atoms with Gasteiger partial charge >= 0.3 is 0 Å². The lowest BCUT2D eigenvalue weighted by molar-refractivity contribution is 0.174. The molecule has 1 heterocycles. The van der Waals surface area contributed by atoms with E-state index in [0.29, 0.717) is 6.79 Å². The molecule has 0 aliphatic carbocycles. The van der Waals surface area contributed by atoms with Crippen molar-refractivity contribution < 1.29 is 14.3 Å². The fourth-order valence-electron chi connectivity index (χ4n) is 1.08. The second-order valence-corrected chi connectivity index (χ2v) is 2.37. The van der Waals surface area contributed by atoms with Gasteiger partial charge < -0.3 is 9.47 Å². The summed E-state index contributed by atoms with van der Waals surface area (Å²) in [4.78, 5) is 4.74. The summed E-state index contributed by atoms with van der Waals surface area (Å²) in [5.74, 6) is 1.52. The second-order valence-electron chi connectivity index (χ2n) is 2.37. The third kappa shape index (κ3) is 1.16. The molecule has 1 aliphatic heterocycles. The minimum absolute atomic E-state index is 0.297. The van der Waals surface area contributed by atoms with E-state index in [1.54, 1.807) is 7.11 Å². The molecular weight excluding hydrogens is 158 g/mol. The molecule has 0 spiro atoms. The Labute approximate surface area is 70.0 Å². The number of fused-ring (bicyclic) bond motifs is 1. The van der Waals surface area contributed by atoms with Crippen molar-refractivity contribution in [2.75, 3.05) is 19.4 Å². The van der Waals surface area contributed by atoms with Crippen LogP contribution in [0.5, 0.6) is 11.5 Å². The van der Waals surface area contributed by atoms with Crippen molar-refractivity contribution in [1.29, 1.82) is 0 Å². The van der Waals surface area contributed by atoms with Gasteiger partial charge in [-0.05, 0) is 12.1 Å². The quantitative estimate of drug-likeness (QED) is 0.675. The normalized spacial score (nSPS) is 13.1. The van der Waals surface area contributed by atoms with Crippen LogP contribution in [-0.2, 0) is 4.84 Å². The molecule has 1 aromatic rings. The summed E-state index contributed by atoms with van der Waals surface area (Å²) in [6.45, 7) is 0.297. The summed E-state index contributed by atoms with van der Waals surface area (Å²) in [6.07, 6.45) is 0. The minimum atomic E-state index is 0.297. The SMILES string of the molecule is CONc1ccc2c(c1)OCO2. The van der Waals surface area contributed by atoms with Crippen molar-refractivity contribution in [1.82, 2.24) is 0 Å². The number of hydrogen-bond acceptors (Lipinski definition) is 4. The van der Waals surface area contributed by atoms with Gasteiger partial charge in [0, 0.05) is 6.07 Å². The first-order chi connectivity index (χ1) is 5.90. The first-order valence-electron chi connectivity index (χ1n) is 3.59. The Balaban J connectivity index is 2.26. The van der Waals surface area contributed by atoms with Gasteiger partial charge in [0.15, 0.2) is 11.5 Å². The van der Waals surface area contributed by atoms with E-state index in [0.717, 1.165) is 17.2 Å². The van der Waals surface area contributed by atoms with Gasteiger partial charge in [0.05, 0.1) is 12.8 Å². The minimum Gasteiger partial charge on any atom is -0.454 e. The molecule has 0 fully saturated rings. The van der Waals surface area contributed by atoms with E-state index in [2.05, 4.69) is 5.48 Å². The van der Waals surface area contributed by atoms with Crippen molar-refractivity contribution >= 4 is 5.69 Å². The topological polar surface area (TPSA) is 39.7 Å². The van der Waals surface area contributed by atoms with Gasteiger partial charge in [-0.25, -0.2) is 0 Å². The molecule has 0 radical (unpaired) electrons. The van der Waals surface area contributed by atoms with Gasteiger partial charge in [-0.15, -0.1) is 0 Å². The Morgan fingerprint density at radius 3 is 3.00 bits per heavy atom.